The molecule has 2 aliphatic heterocycles. The lowest BCUT2D eigenvalue weighted by atomic mass is 9.72. The second-order valence-corrected chi connectivity index (χ2v) is 13.0. The Hall–Kier alpha value is -3.02. The van der Waals surface area contributed by atoms with E-state index in [2.05, 4.69) is 13.8 Å². The number of rotatable bonds is 4. The molecule has 2 aromatic carbocycles. The number of carbonyl (C=O) groups is 2. The van der Waals surface area contributed by atoms with E-state index in [9.17, 15) is 9.59 Å². The molecule has 2 aliphatic carbocycles. The number of ether oxygens (including phenoxy) is 2. The molecule has 0 aromatic heterocycles. The lowest BCUT2D eigenvalue weighted by molar-refractivity contribution is 0.0167. The van der Waals surface area contributed by atoms with Crippen molar-refractivity contribution in [1.82, 2.24) is 9.80 Å². The highest BCUT2D eigenvalue weighted by Crippen LogP contribution is 2.40. The van der Waals surface area contributed by atoms with Gasteiger partial charge >= 0.3 is 12.2 Å². The third kappa shape index (κ3) is 7.67. The van der Waals surface area contributed by atoms with Gasteiger partial charge in [-0.3, -0.25) is 0 Å². The summed E-state index contributed by atoms with van der Waals surface area (Å²) in [5.74, 6) is 2.84. The van der Waals surface area contributed by atoms with Crippen LogP contribution in [0.25, 0.3) is 0 Å². The first-order valence-corrected chi connectivity index (χ1v) is 16.5. The number of benzene rings is 2. The molecule has 0 radical (unpaired) electrons. The Morgan fingerprint density at radius 3 is 1.40 bits per heavy atom. The Morgan fingerprint density at radius 1 is 0.595 bits per heavy atom. The van der Waals surface area contributed by atoms with Crippen LogP contribution < -0.4 is 0 Å². The van der Waals surface area contributed by atoms with Gasteiger partial charge in [-0.2, -0.15) is 0 Å². The van der Waals surface area contributed by atoms with Gasteiger partial charge < -0.3 is 19.3 Å². The van der Waals surface area contributed by atoms with Gasteiger partial charge in [-0.05, 0) is 73.3 Å². The van der Waals surface area contributed by atoms with Crippen LogP contribution in [0.3, 0.4) is 0 Å². The van der Waals surface area contributed by atoms with Crippen LogP contribution >= 0.6 is 0 Å². The fourth-order valence-corrected chi connectivity index (χ4v) is 8.02. The smallest absolute Gasteiger partial charge is 0.410 e. The second kappa shape index (κ2) is 14.9. The molecule has 2 amide bonds. The summed E-state index contributed by atoms with van der Waals surface area (Å²) in [5, 5.41) is 0. The zero-order valence-corrected chi connectivity index (χ0v) is 25.7. The average Bonchev–Trinajstić information content (AvgIpc) is 3.04. The van der Waals surface area contributed by atoms with Crippen molar-refractivity contribution >= 4 is 12.2 Å². The molecule has 2 saturated carbocycles. The summed E-state index contributed by atoms with van der Waals surface area (Å²) in [7, 11) is 0. The number of amides is 2. The molecule has 4 aliphatic rings. The van der Waals surface area contributed by atoms with E-state index in [1.807, 2.05) is 70.5 Å². The van der Waals surface area contributed by atoms with Crippen molar-refractivity contribution in [3.8, 4) is 0 Å². The maximum atomic E-state index is 12.4. The summed E-state index contributed by atoms with van der Waals surface area (Å²) in [4.78, 5) is 28.9. The number of piperidine rings is 2. The van der Waals surface area contributed by atoms with Crippen LogP contribution in [0, 0.1) is 23.7 Å². The normalized spacial score (nSPS) is 28.8. The largest absolute Gasteiger partial charge is 0.445 e. The maximum absolute atomic E-state index is 12.4. The Bertz CT molecular complexity index is 1040. The Kier molecular flexibility index (Phi) is 10.8. The molecule has 0 bridgehead atoms. The molecule has 4 fully saturated rings. The average molecular weight is 575 g/mol. The molecule has 0 spiro atoms. The van der Waals surface area contributed by atoms with Crippen molar-refractivity contribution in [1.29, 1.82) is 0 Å². The highest BCUT2D eigenvalue weighted by atomic mass is 16.6. The topological polar surface area (TPSA) is 59.1 Å². The molecule has 42 heavy (non-hydrogen) atoms. The minimum Gasteiger partial charge on any atom is -0.445 e. The predicted octanol–water partition coefficient (Wildman–Crippen LogP) is 8.45. The molecule has 2 heterocycles. The van der Waals surface area contributed by atoms with Crippen LogP contribution in [0.5, 0.6) is 0 Å². The van der Waals surface area contributed by atoms with Crippen molar-refractivity contribution < 1.29 is 19.1 Å². The summed E-state index contributed by atoms with van der Waals surface area (Å²) in [5.41, 5.74) is 2.10. The lowest BCUT2D eigenvalue weighted by Crippen LogP contribution is -2.51. The molecule has 0 unspecified atom stereocenters. The van der Waals surface area contributed by atoms with Gasteiger partial charge in [0.05, 0.1) is 0 Å². The highest BCUT2D eigenvalue weighted by molar-refractivity contribution is 5.68. The first-order chi connectivity index (χ1) is 20.5. The van der Waals surface area contributed by atoms with E-state index in [-0.39, 0.29) is 12.2 Å². The first-order valence-electron chi connectivity index (χ1n) is 16.5. The van der Waals surface area contributed by atoms with Crippen LogP contribution in [0.1, 0.15) is 89.2 Å². The van der Waals surface area contributed by atoms with E-state index < -0.39 is 0 Å². The van der Waals surface area contributed by atoms with Gasteiger partial charge in [0.25, 0.3) is 0 Å². The van der Waals surface area contributed by atoms with Crippen LogP contribution in [0.4, 0.5) is 9.59 Å². The number of hydrogen-bond donors (Lipinski definition) is 0. The van der Waals surface area contributed by atoms with Crippen LogP contribution in [-0.4, -0.2) is 47.2 Å². The molecule has 6 rings (SSSR count). The van der Waals surface area contributed by atoms with Gasteiger partial charge in [-0.25, -0.2) is 9.59 Å². The first kappa shape index (κ1) is 30.4. The molecule has 228 valence electrons. The Morgan fingerprint density at radius 2 is 1.00 bits per heavy atom. The Labute approximate surface area is 252 Å². The van der Waals surface area contributed by atoms with E-state index >= 15 is 0 Å². The van der Waals surface area contributed by atoms with Crippen molar-refractivity contribution in [3.05, 3.63) is 71.8 Å². The fraction of sp³-hybridized carbons (Fsp3) is 0.611. The quantitative estimate of drug-likeness (QED) is 0.368. The third-order valence-electron chi connectivity index (χ3n) is 10.3. The summed E-state index contributed by atoms with van der Waals surface area (Å²) in [6, 6.07) is 20.6. The molecule has 6 heteroatoms. The van der Waals surface area contributed by atoms with Gasteiger partial charge in [0.15, 0.2) is 0 Å². The summed E-state index contributed by atoms with van der Waals surface area (Å²) < 4.78 is 11.1. The number of fused-ring (bicyclic) bond motifs is 2. The predicted molar refractivity (Wildman–Crippen MR) is 166 cm³/mol. The SMILES string of the molecule is C[C@@H]1CCC[C@H]2[C@@H]1CCCN2C(=O)OCc1ccccc1.C[C@H]1CCC[C@@H]2[C@H]1CCCN2C(=O)OCc1ccccc1. The number of likely N-dealkylation sites (tertiary alicyclic amines) is 2. The van der Waals surface area contributed by atoms with Crippen molar-refractivity contribution in [3.63, 3.8) is 0 Å². The van der Waals surface area contributed by atoms with Crippen molar-refractivity contribution in [2.45, 2.75) is 103 Å². The third-order valence-corrected chi connectivity index (χ3v) is 10.3. The molecule has 6 atom stereocenters. The Balaban J connectivity index is 0.000000168. The molecule has 6 nitrogen and oxygen atoms in total. The van der Waals surface area contributed by atoms with Crippen molar-refractivity contribution in [2.75, 3.05) is 13.1 Å². The van der Waals surface area contributed by atoms with E-state index in [0.29, 0.717) is 37.1 Å². The molecule has 2 aromatic rings. The van der Waals surface area contributed by atoms with Crippen LogP contribution in [0.15, 0.2) is 60.7 Å². The molecular weight excluding hydrogens is 524 g/mol. The van der Waals surface area contributed by atoms with E-state index in [1.165, 1.54) is 38.5 Å². The summed E-state index contributed by atoms with van der Waals surface area (Å²) in [6.07, 6.45) is 11.9. The van der Waals surface area contributed by atoms with Gasteiger partial charge in [-0.15, -0.1) is 0 Å². The standard InChI is InChI=1S/2C18H25NO2/c2*1-14-7-5-11-17-16(14)10-6-12-19(17)18(20)21-13-15-8-3-2-4-9-15/h2*2-4,8-9,14,16-17H,5-7,10-13H2,1H3/t2*14-,16-,17+/m10/s1. The summed E-state index contributed by atoms with van der Waals surface area (Å²) >= 11 is 0. The lowest BCUT2D eigenvalue weighted by Gasteiger charge is -2.46. The van der Waals surface area contributed by atoms with Gasteiger partial charge in [0, 0.05) is 25.2 Å². The minimum absolute atomic E-state index is 0.123. The number of nitrogens with zero attached hydrogens (tertiary/aromatic N) is 2. The molecule has 2 saturated heterocycles. The monoisotopic (exact) mass is 574 g/mol. The highest BCUT2D eigenvalue weighted by Gasteiger charge is 2.40. The molecule has 0 N–H and O–H groups in total. The van der Waals surface area contributed by atoms with Gasteiger partial charge in [-0.1, -0.05) is 100 Å². The molecular formula is C36H50N2O4. The zero-order valence-electron chi connectivity index (χ0n) is 25.7. The van der Waals surface area contributed by atoms with E-state index in [1.54, 1.807) is 0 Å². The number of carbonyl (C=O) groups excluding carboxylic acids is 2. The van der Waals surface area contributed by atoms with Gasteiger partial charge in [0.1, 0.15) is 13.2 Å². The van der Waals surface area contributed by atoms with E-state index in [0.717, 1.165) is 61.7 Å². The number of hydrogen-bond acceptors (Lipinski definition) is 4. The maximum Gasteiger partial charge on any atom is 0.410 e. The van der Waals surface area contributed by atoms with Gasteiger partial charge in [0.2, 0.25) is 0 Å². The zero-order chi connectivity index (χ0) is 29.3. The fourth-order valence-electron chi connectivity index (χ4n) is 8.02. The minimum atomic E-state index is -0.123. The van der Waals surface area contributed by atoms with Crippen LogP contribution in [0.2, 0.25) is 0 Å². The van der Waals surface area contributed by atoms with Crippen molar-refractivity contribution in [2.24, 2.45) is 23.7 Å². The van der Waals surface area contributed by atoms with E-state index in [4.69, 9.17) is 9.47 Å². The second-order valence-electron chi connectivity index (χ2n) is 13.0. The van der Waals surface area contributed by atoms with Crippen LogP contribution in [-0.2, 0) is 22.7 Å². The summed E-state index contributed by atoms with van der Waals surface area (Å²) in [6.45, 7) is 7.17.